The van der Waals surface area contributed by atoms with Gasteiger partial charge in [-0.25, -0.2) is 17.8 Å². The van der Waals surface area contributed by atoms with E-state index in [-0.39, 0.29) is 15.7 Å². The third-order valence-electron chi connectivity index (χ3n) is 3.35. The molecule has 0 spiro atoms. The summed E-state index contributed by atoms with van der Waals surface area (Å²) in [5.74, 6) is 0. The summed E-state index contributed by atoms with van der Waals surface area (Å²) < 4.78 is 28.8. The van der Waals surface area contributed by atoms with Gasteiger partial charge in [0.2, 0.25) is 5.03 Å². The van der Waals surface area contributed by atoms with Crippen LogP contribution in [0.15, 0.2) is 9.63 Å². The number of piperidine rings is 1. The van der Waals surface area contributed by atoms with Crippen LogP contribution in [0.25, 0.3) is 0 Å². The summed E-state index contributed by atoms with van der Waals surface area (Å²) in [6.45, 7) is 4.97. The Balaban J connectivity index is 2.07. The van der Waals surface area contributed by atoms with E-state index in [9.17, 15) is 8.42 Å². The van der Waals surface area contributed by atoms with Crippen molar-refractivity contribution >= 4 is 26.0 Å². The van der Waals surface area contributed by atoms with Gasteiger partial charge in [0.05, 0.1) is 0 Å². The fraction of sp³-hybridized carbons (Fsp3) is 0.800. The van der Waals surface area contributed by atoms with Crippen LogP contribution in [0.3, 0.4) is 0 Å². The highest BCUT2D eigenvalue weighted by atomic mass is 79.9. The van der Waals surface area contributed by atoms with Gasteiger partial charge >= 0.3 is 0 Å². The normalized spacial score (nSPS) is 18.9. The van der Waals surface area contributed by atoms with Gasteiger partial charge < -0.3 is 4.90 Å². The first-order valence-electron chi connectivity index (χ1n) is 6.24. The molecule has 0 saturated carbocycles. The predicted octanol–water partition coefficient (Wildman–Crippen LogP) is 0.340. The van der Waals surface area contributed by atoms with Crippen LogP contribution in [0.2, 0.25) is 0 Å². The first kappa shape index (κ1) is 14.9. The number of halogens is 1. The van der Waals surface area contributed by atoms with Gasteiger partial charge in [-0.3, -0.25) is 0 Å². The zero-order valence-electron chi connectivity index (χ0n) is 11.0. The van der Waals surface area contributed by atoms with Crippen molar-refractivity contribution in [2.45, 2.75) is 30.8 Å². The molecule has 0 atom stereocenters. The van der Waals surface area contributed by atoms with Crippen LogP contribution in [0, 0.1) is 0 Å². The maximum atomic E-state index is 12.3. The average molecular weight is 352 g/mol. The highest BCUT2D eigenvalue weighted by Gasteiger charge is 2.28. The summed E-state index contributed by atoms with van der Waals surface area (Å²) in [4.78, 5) is 2.31. The quantitative estimate of drug-likeness (QED) is 0.845. The van der Waals surface area contributed by atoms with E-state index in [1.807, 2.05) is 0 Å². The Bertz CT molecular complexity index is 517. The molecule has 9 heteroatoms. The van der Waals surface area contributed by atoms with Crippen LogP contribution < -0.4 is 4.72 Å². The first-order chi connectivity index (χ1) is 8.94. The molecule has 0 unspecified atom stereocenters. The molecule has 0 amide bonds. The summed E-state index contributed by atoms with van der Waals surface area (Å²) in [6.07, 6.45) is 1.66. The Morgan fingerprint density at radius 1 is 1.42 bits per heavy atom. The van der Waals surface area contributed by atoms with Gasteiger partial charge in [0.25, 0.3) is 10.0 Å². The molecule has 1 saturated heterocycles. The third-order valence-corrected chi connectivity index (χ3v) is 5.76. The van der Waals surface area contributed by atoms with Crippen molar-refractivity contribution in [1.82, 2.24) is 24.6 Å². The van der Waals surface area contributed by atoms with Gasteiger partial charge in [-0.2, -0.15) is 0 Å². The van der Waals surface area contributed by atoms with Gasteiger partial charge in [0.15, 0.2) is 4.60 Å². The van der Waals surface area contributed by atoms with Crippen LogP contribution in [0.4, 0.5) is 0 Å². The number of aryl methyl sites for hydroxylation is 1. The molecule has 108 valence electrons. The Morgan fingerprint density at radius 3 is 2.53 bits per heavy atom. The molecule has 19 heavy (non-hydrogen) atoms. The summed E-state index contributed by atoms with van der Waals surface area (Å²) >= 11 is 3.12. The number of rotatable bonds is 4. The Morgan fingerprint density at radius 2 is 2.05 bits per heavy atom. The lowest BCUT2D eigenvalue weighted by atomic mass is 10.1. The predicted molar refractivity (Wildman–Crippen MR) is 74.2 cm³/mol. The van der Waals surface area contributed by atoms with Crippen LogP contribution in [0.1, 0.15) is 19.8 Å². The van der Waals surface area contributed by atoms with Gasteiger partial charge in [0.1, 0.15) is 0 Å². The number of nitrogens with one attached hydrogen (secondary N) is 1. The number of sulfonamides is 1. The molecule has 0 aliphatic carbocycles. The molecule has 2 rings (SSSR count). The average Bonchev–Trinajstić information content (AvgIpc) is 2.70. The minimum absolute atomic E-state index is 0.0189. The summed E-state index contributed by atoms with van der Waals surface area (Å²) in [5, 5.41) is 7.47. The van der Waals surface area contributed by atoms with E-state index in [4.69, 9.17) is 0 Å². The molecule has 1 aliphatic rings. The third kappa shape index (κ3) is 3.33. The van der Waals surface area contributed by atoms with Gasteiger partial charge in [-0.1, -0.05) is 12.1 Å². The zero-order chi connectivity index (χ0) is 14.0. The lowest BCUT2D eigenvalue weighted by Crippen LogP contribution is -2.44. The molecule has 7 nitrogen and oxygen atoms in total. The zero-order valence-corrected chi connectivity index (χ0v) is 13.4. The van der Waals surface area contributed by atoms with Crippen molar-refractivity contribution in [1.29, 1.82) is 0 Å². The van der Waals surface area contributed by atoms with Gasteiger partial charge in [-0.05, 0) is 48.4 Å². The van der Waals surface area contributed by atoms with E-state index in [0.29, 0.717) is 0 Å². The summed E-state index contributed by atoms with van der Waals surface area (Å²) in [7, 11) is -2.02. The van der Waals surface area contributed by atoms with Crippen molar-refractivity contribution in [3.05, 3.63) is 4.60 Å². The molecule has 1 aromatic rings. The minimum Gasteiger partial charge on any atom is -0.303 e. The van der Waals surface area contributed by atoms with E-state index in [1.54, 1.807) is 7.05 Å². The Labute approximate surface area is 121 Å². The maximum Gasteiger partial charge on any atom is 0.260 e. The van der Waals surface area contributed by atoms with Gasteiger partial charge in [0, 0.05) is 13.1 Å². The fourth-order valence-electron chi connectivity index (χ4n) is 2.25. The van der Waals surface area contributed by atoms with E-state index >= 15 is 0 Å². The van der Waals surface area contributed by atoms with E-state index in [2.05, 4.69) is 42.8 Å². The molecule has 0 aromatic carbocycles. The standard InChI is InChI=1S/C10H18BrN5O2S/c1-3-16-6-4-8(5-7-16)13-19(17,18)10-9(11)12-14-15(10)2/h8,13H,3-7H2,1-2H3. The minimum atomic E-state index is -3.58. The molecular formula is C10H18BrN5O2S. The SMILES string of the molecule is CCN1CCC(NS(=O)(=O)c2c(Br)nnn2C)CC1. The highest BCUT2D eigenvalue weighted by Crippen LogP contribution is 2.19. The molecule has 1 N–H and O–H groups in total. The second kappa shape index (κ2) is 5.86. The topological polar surface area (TPSA) is 80.1 Å². The first-order valence-corrected chi connectivity index (χ1v) is 8.51. The number of likely N-dealkylation sites (tertiary alicyclic amines) is 1. The Hall–Kier alpha value is -0.510. The number of hydrogen-bond donors (Lipinski definition) is 1. The summed E-state index contributed by atoms with van der Waals surface area (Å²) in [6, 6.07) is -0.0189. The summed E-state index contributed by atoms with van der Waals surface area (Å²) in [5.41, 5.74) is 0. The van der Waals surface area contributed by atoms with Crippen LogP contribution in [-0.4, -0.2) is 54.0 Å². The van der Waals surface area contributed by atoms with Crippen molar-refractivity contribution < 1.29 is 8.42 Å². The van der Waals surface area contributed by atoms with Crippen molar-refractivity contribution in [2.75, 3.05) is 19.6 Å². The molecule has 1 aliphatic heterocycles. The lowest BCUT2D eigenvalue weighted by molar-refractivity contribution is 0.217. The smallest absolute Gasteiger partial charge is 0.260 e. The van der Waals surface area contributed by atoms with Crippen LogP contribution in [-0.2, 0) is 17.1 Å². The molecule has 0 bridgehead atoms. The van der Waals surface area contributed by atoms with Crippen LogP contribution in [0.5, 0.6) is 0 Å². The van der Waals surface area contributed by atoms with E-state index in [0.717, 1.165) is 32.5 Å². The highest BCUT2D eigenvalue weighted by molar-refractivity contribution is 9.10. The Kier molecular flexibility index (Phi) is 4.59. The second-order valence-electron chi connectivity index (χ2n) is 4.64. The monoisotopic (exact) mass is 351 g/mol. The largest absolute Gasteiger partial charge is 0.303 e. The number of nitrogens with zero attached hydrogens (tertiary/aromatic N) is 4. The van der Waals surface area contributed by atoms with Crippen molar-refractivity contribution in [3.8, 4) is 0 Å². The molecular weight excluding hydrogens is 334 g/mol. The second-order valence-corrected chi connectivity index (χ2v) is 7.02. The van der Waals surface area contributed by atoms with E-state index < -0.39 is 10.0 Å². The molecule has 1 fully saturated rings. The van der Waals surface area contributed by atoms with Gasteiger partial charge in [-0.15, -0.1) is 5.10 Å². The molecule has 2 heterocycles. The molecule has 0 radical (unpaired) electrons. The number of hydrogen-bond acceptors (Lipinski definition) is 5. The van der Waals surface area contributed by atoms with E-state index in [1.165, 1.54) is 4.68 Å². The number of aromatic nitrogens is 3. The van der Waals surface area contributed by atoms with Crippen LogP contribution >= 0.6 is 15.9 Å². The van der Waals surface area contributed by atoms with Crippen molar-refractivity contribution in [2.24, 2.45) is 7.05 Å². The maximum absolute atomic E-state index is 12.3. The fourth-order valence-corrected chi connectivity index (χ4v) is 4.65. The molecule has 1 aromatic heterocycles. The van der Waals surface area contributed by atoms with Crippen molar-refractivity contribution in [3.63, 3.8) is 0 Å². The lowest BCUT2D eigenvalue weighted by Gasteiger charge is -2.31.